The van der Waals surface area contributed by atoms with E-state index in [0.717, 1.165) is 11.1 Å². The summed E-state index contributed by atoms with van der Waals surface area (Å²) in [6.07, 6.45) is -3.84. The highest BCUT2D eigenvalue weighted by atomic mass is 19.4. The Kier molecular flexibility index (Phi) is 6.06. The van der Waals surface area contributed by atoms with Gasteiger partial charge in [0.1, 0.15) is 18.1 Å². The monoisotopic (exact) mass is 439 g/mol. The summed E-state index contributed by atoms with van der Waals surface area (Å²) in [6.45, 7) is 4.40. The zero-order valence-electron chi connectivity index (χ0n) is 18.0. The predicted molar refractivity (Wildman–Crippen MR) is 109 cm³/mol. The second kappa shape index (κ2) is 8.15. The molecule has 31 heavy (non-hydrogen) atoms. The van der Waals surface area contributed by atoms with Crippen LogP contribution >= 0.6 is 0 Å². The Labute approximate surface area is 178 Å². The quantitative estimate of drug-likeness (QED) is 0.404. The molecule has 0 bridgehead atoms. The highest BCUT2D eigenvalue weighted by Crippen LogP contribution is 2.45. The van der Waals surface area contributed by atoms with Crippen LogP contribution in [0.15, 0.2) is 42.6 Å². The number of aryl methyl sites for hydroxylation is 1. The topological polar surface area (TPSA) is 49.1 Å². The maximum absolute atomic E-state index is 14.3. The van der Waals surface area contributed by atoms with Crippen LogP contribution in [0.1, 0.15) is 37.9 Å². The number of aliphatic hydroxyl groups is 1. The van der Waals surface area contributed by atoms with Gasteiger partial charge in [0.2, 0.25) is 0 Å². The highest BCUT2D eigenvalue weighted by Gasteiger charge is 2.58. The average molecular weight is 439 g/mol. The van der Waals surface area contributed by atoms with Gasteiger partial charge in [-0.1, -0.05) is 13.8 Å². The van der Waals surface area contributed by atoms with E-state index in [9.17, 15) is 22.7 Å². The molecule has 2 heterocycles. The molecule has 8 heteroatoms. The zero-order valence-corrected chi connectivity index (χ0v) is 18.0. The molecule has 0 saturated carbocycles. The van der Waals surface area contributed by atoms with E-state index in [2.05, 4.69) is 4.98 Å². The second-order valence-corrected chi connectivity index (χ2v) is 8.36. The van der Waals surface area contributed by atoms with Gasteiger partial charge in [0, 0.05) is 5.56 Å². The van der Waals surface area contributed by atoms with Crippen LogP contribution < -0.4 is 9.30 Å². The molecule has 0 aliphatic rings. The van der Waals surface area contributed by atoms with Crippen molar-refractivity contribution in [1.29, 1.82) is 0 Å². The van der Waals surface area contributed by atoms with E-state index in [-0.39, 0.29) is 12.2 Å². The number of fused-ring (bicyclic) bond motifs is 1. The van der Waals surface area contributed by atoms with Crippen LogP contribution in [-0.2, 0) is 12.0 Å². The predicted octanol–water partition coefficient (Wildman–Crippen LogP) is 4.96. The summed E-state index contributed by atoms with van der Waals surface area (Å²) in [5.74, 6) is -0.294. The third-order valence-electron chi connectivity index (χ3n) is 6.02. The summed E-state index contributed by atoms with van der Waals surface area (Å²) in [5.41, 5.74) is -2.68. The molecule has 0 fully saturated rings. The maximum Gasteiger partial charge on any atom is 0.421 e. The van der Waals surface area contributed by atoms with Crippen molar-refractivity contribution in [3.05, 3.63) is 59.7 Å². The maximum atomic E-state index is 14.3. The number of rotatable bonds is 7. The Morgan fingerprint density at radius 1 is 1.16 bits per heavy atom. The van der Waals surface area contributed by atoms with Crippen molar-refractivity contribution in [1.82, 2.24) is 4.98 Å². The number of methoxy groups -OCH3 is 1. The SMILES string of the molecule is CCC(C)(CC(O)(C[n+]1cccc2cc(C)[nH]c21)C(F)(F)F)c1cc(F)ccc1OC. The van der Waals surface area contributed by atoms with Crippen molar-refractivity contribution in [2.75, 3.05) is 7.11 Å². The number of aromatic amines is 1. The number of H-pyrrole nitrogens is 1. The van der Waals surface area contributed by atoms with Crippen molar-refractivity contribution in [2.24, 2.45) is 0 Å². The lowest BCUT2D eigenvalue weighted by atomic mass is 9.71. The van der Waals surface area contributed by atoms with Gasteiger partial charge in [-0.2, -0.15) is 13.2 Å². The van der Waals surface area contributed by atoms with Crippen LogP contribution in [0, 0.1) is 12.7 Å². The fraction of sp³-hybridized carbons (Fsp3) is 0.435. The van der Waals surface area contributed by atoms with E-state index in [1.807, 2.05) is 13.0 Å². The molecule has 168 valence electrons. The third kappa shape index (κ3) is 4.39. The van der Waals surface area contributed by atoms with Crippen LogP contribution in [0.3, 0.4) is 0 Å². The minimum absolute atomic E-state index is 0.238. The molecule has 0 aliphatic carbocycles. The van der Waals surface area contributed by atoms with Gasteiger partial charge in [0.15, 0.2) is 5.60 Å². The van der Waals surface area contributed by atoms with Gasteiger partial charge < -0.3 is 9.84 Å². The fourth-order valence-corrected chi connectivity index (χ4v) is 4.15. The Balaban J connectivity index is 2.09. The minimum Gasteiger partial charge on any atom is -0.496 e. The first-order valence-corrected chi connectivity index (χ1v) is 10.0. The van der Waals surface area contributed by atoms with Crippen LogP contribution in [0.25, 0.3) is 11.0 Å². The number of nitrogens with one attached hydrogen (secondary N) is 1. The van der Waals surface area contributed by atoms with Crippen molar-refractivity contribution in [3.8, 4) is 5.75 Å². The number of nitrogens with zero attached hydrogens (tertiary/aromatic N) is 1. The molecule has 0 radical (unpaired) electrons. The molecule has 2 atom stereocenters. The Hall–Kier alpha value is -2.61. The molecule has 2 N–H and O–H groups in total. The molecule has 3 rings (SSSR count). The number of benzene rings is 1. The minimum atomic E-state index is -4.92. The number of halogens is 4. The largest absolute Gasteiger partial charge is 0.496 e. The standard InChI is InChI=1S/C23H26F4N2O2/c1-5-21(3,18-12-17(24)8-9-19(18)31-4)13-22(30,23(25,26)27)14-29-10-6-7-16-11-15(2)28-20(16)29/h6-12,30H,5,13-14H2,1-4H3/p+1. The summed E-state index contributed by atoms with van der Waals surface area (Å²) >= 11 is 0. The van der Waals surface area contributed by atoms with E-state index >= 15 is 0 Å². The first kappa shape index (κ1) is 23.1. The molecule has 2 aromatic heterocycles. The molecule has 0 aliphatic heterocycles. The van der Waals surface area contributed by atoms with Crippen LogP contribution in [0.2, 0.25) is 0 Å². The fourth-order valence-electron chi connectivity index (χ4n) is 4.15. The number of aromatic nitrogens is 2. The zero-order chi connectivity index (χ0) is 23.0. The summed E-state index contributed by atoms with van der Waals surface area (Å²) < 4.78 is 63.4. The first-order valence-electron chi connectivity index (χ1n) is 10.0. The van der Waals surface area contributed by atoms with Gasteiger partial charge in [-0.25, -0.2) is 13.9 Å². The normalized spacial score (nSPS) is 16.2. The lowest BCUT2D eigenvalue weighted by Gasteiger charge is -2.39. The number of pyridine rings is 1. The van der Waals surface area contributed by atoms with Gasteiger partial charge in [0.05, 0.1) is 24.4 Å². The molecular weight excluding hydrogens is 412 g/mol. The van der Waals surface area contributed by atoms with Crippen LogP contribution in [-0.4, -0.2) is 29.0 Å². The molecule has 3 aromatic rings. The van der Waals surface area contributed by atoms with Gasteiger partial charge in [-0.3, -0.25) is 0 Å². The molecule has 0 saturated heterocycles. The lowest BCUT2D eigenvalue weighted by Crippen LogP contribution is -2.59. The second-order valence-electron chi connectivity index (χ2n) is 8.36. The number of ether oxygens (including phenoxy) is 1. The summed E-state index contributed by atoms with van der Waals surface area (Å²) in [4.78, 5) is 3.05. The molecule has 0 amide bonds. The summed E-state index contributed by atoms with van der Waals surface area (Å²) in [7, 11) is 1.38. The van der Waals surface area contributed by atoms with Crippen LogP contribution in [0.5, 0.6) is 5.75 Å². The van der Waals surface area contributed by atoms with E-state index in [1.54, 1.807) is 26.0 Å². The van der Waals surface area contributed by atoms with Gasteiger partial charge in [-0.05, 0) is 61.6 Å². The summed E-state index contributed by atoms with van der Waals surface area (Å²) in [5, 5.41) is 11.8. The highest BCUT2D eigenvalue weighted by molar-refractivity contribution is 5.73. The number of hydrogen-bond donors (Lipinski definition) is 2. The van der Waals surface area contributed by atoms with E-state index in [4.69, 9.17) is 4.74 Å². The number of hydrogen-bond acceptors (Lipinski definition) is 2. The van der Waals surface area contributed by atoms with Gasteiger partial charge >= 0.3 is 6.18 Å². The van der Waals surface area contributed by atoms with Crippen molar-refractivity contribution in [3.63, 3.8) is 0 Å². The smallest absolute Gasteiger partial charge is 0.421 e. The number of alkyl halides is 3. The lowest BCUT2D eigenvalue weighted by molar-refractivity contribution is -0.694. The molecule has 1 aromatic carbocycles. The molecule has 0 spiro atoms. The van der Waals surface area contributed by atoms with Crippen LogP contribution in [0.4, 0.5) is 17.6 Å². The average Bonchev–Trinajstić information content (AvgIpc) is 3.08. The Bertz CT molecular complexity index is 1080. The van der Waals surface area contributed by atoms with Crippen molar-refractivity contribution < 1.29 is 32.0 Å². The van der Waals surface area contributed by atoms with E-state index in [1.165, 1.54) is 36.1 Å². The van der Waals surface area contributed by atoms with Gasteiger partial charge in [0.25, 0.3) is 5.65 Å². The molecule has 4 nitrogen and oxygen atoms in total. The molecule has 2 unspecified atom stereocenters. The Morgan fingerprint density at radius 3 is 2.48 bits per heavy atom. The van der Waals surface area contributed by atoms with Crippen molar-refractivity contribution >= 4 is 11.0 Å². The van der Waals surface area contributed by atoms with E-state index < -0.39 is 36.0 Å². The molecular formula is C23H27F4N2O2+. The third-order valence-corrected chi connectivity index (χ3v) is 6.02. The van der Waals surface area contributed by atoms with Crippen molar-refractivity contribution in [2.45, 2.75) is 57.3 Å². The summed E-state index contributed by atoms with van der Waals surface area (Å²) in [6, 6.07) is 9.02. The van der Waals surface area contributed by atoms with E-state index in [0.29, 0.717) is 11.2 Å². The Morgan fingerprint density at radius 2 is 1.87 bits per heavy atom. The first-order chi connectivity index (χ1) is 14.4. The van der Waals surface area contributed by atoms with Gasteiger partial charge in [-0.15, -0.1) is 0 Å².